The molecule has 458 valence electrons. The molecule has 20 heteroatoms. The predicted molar refractivity (Wildman–Crippen MR) is 351 cm³/mol. The monoisotopic (exact) mass is 1240 g/mol. The quantitative estimate of drug-likeness (QED) is 0.0163. The van der Waals surface area contributed by atoms with Crippen molar-refractivity contribution < 1.29 is 61.6 Å². The number of aromatic amines is 2. The van der Waals surface area contributed by atoms with Crippen molar-refractivity contribution in [1.29, 1.82) is 0 Å². The molecular formula is C68H74N4O13SSi2. The van der Waals surface area contributed by atoms with Crippen LogP contribution in [-0.4, -0.2) is 139 Å². The summed E-state index contributed by atoms with van der Waals surface area (Å²) in [4.78, 5) is 60.0. The van der Waals surface area contributed by atoms with E-state index in [1.807, 2.05) is 92.7 Å². The number of fused-ring (bicyclic) bond motifs is 8. The Bertz CT molecular complexity index is 4310. The van der Waals surface area contributed by atoms with E-state index in [1.165, 1.54) is 19.4 Å². The van der Waals surface area contributed by atoms with Crippen LogP contribution in [0.5, 0.6) is 0 Å². The zero-order valence-corrected chi connectivity index (χ0v) is 54.1. The Balaban J connectivity index is 1.19. The average molecular weight is 1240 g/mol. The molecule has 1 saturated heterocycles. The van der Waals surface area contributed by atoms with Gasteiger partial charge in [0.05, 0.1) is 64.3 Å². The molecule has 5 atom stereocenters. The van der Waals surface area contributed by atoms with Gasteiger partial charge in [-0.25, -0.2) is 19.6 Å². The number of unbranched alkanes of at least 4 members (excludes halogenated alkanes) is 1. The summed E-state index contributed by atoms with van der Waals surface area (Å²) in [7, 11) is -5.83. The summed E-state index contributed by atoms with van der Waals surface area (Å²) in [6.45, 7) is 19.6. The SMILES string of the molecule is COC(=O)c1cc(C)cc(-c2c3nc(c(-c4cc(C)cc(C(=O)CCCCOC5O[C@H](CS(=O)(=O)O)[C@@H](O)[C@H](O)[C@H]5O)c4)c4ccc([nH]4)c(-c4cc(C)cc([Si](C)(C)C)c4)c4nc(c(-c5cc(C(=O)OC)cc([Si](C)(C)C)c5)c5ccc2[nH]5)C=C4)C=C3)c1. The smallest absolute Gasteiger partial charge is 0.337 e. The molecule has 0 aliphatic carbocycles. The molecule has 7 aromatic rings. The summed E-state index contributed by atoms with van der Waals surface area (Å²) in [5.74, 6) is -2.12. The van der Waals surface area contributed by atoms with Crippen LogP contribution < -0.4 is 10.4 Å². The number of aryl methyl sites for hydroxylation is 3. The number of nitrogens with one attached hydrogen (secondary N) is 2. The molecule has 1 fully saturated rings. The van der Waals surface area contributed by atoms with E-state index in [2.05, 4.69) is 86.5 Å². The van der Waals surface area contributed by atoms with Gasteiger partial charge in [0, 0.05) is 62.9 Å². The molecule has 3 aromatic heterocycles. The Kier molecular flexibility index (Phi) is 18.0. The van der Waals surface area contributed by atoms with Gasteiger partial charge in [0.1, 0.15) is 30.2 Å². The Morgan fingerprint density at radius 1 is 0.534 bits per heavy atom. The number of ketones is 1. The third-order valence-electron chi connectivity index (χ3n) is 16.1. The Morgan fingerprint density at radius 3 is 1.38 bits per heavy atom. The van der Waals surface area contributed by atoms with Crippen molar-refractivity contribution in [3.63, 3.8) is 0 Å². The van der Waals surface area contributed by atoms with Crippen LogP contribution in [0.2, 0.25) is 39.3 Å². The van der Waals surface area contributed by atoms with E-state index in [9.17, 15) is 42.7 Å². The summed E-state index contributed by atoms with van der Waals surface area (Å²) >= 11 is 0. The Labute approximate surface area is 513 Å². The first-order valence-electron chi connectivity index (χ1n) is 29.2. The van der Waals surface area contributed by atoms with Crippen molar-refractivity contribution in [2.24, 2.45) is 0 Å². The van der Waals surface area contributed by atoms with E-state index in [4.69, 9.17) is 28.9 Å². The first kappa shape index (κ1) is 63.3. The molecule has 10 rings (SSSR count). The number of hydrogen-bond acceptors (Lipinski definition) is 14. The average Bonchev–Trinajstić information content (AvgIpc) is 1.91. The number of rotatable bonds is 17. The molecule has 1 unspecified atom stereocenters. The lowest BCUT2D eigenvalue weighted by atomic mass is 9.96. The number of esters is 2. The van der Waals surface area contributed by atoms with E-state index >= 15 is 0 Å². The van der Waals surface area contributed by atoms with Gasteiger partial charge >= 0.3 is 11.9 Å². The maximum atomic E-state index is 14.3. The van der Waals surface area contributed by atoms with Crippen LogP contribution in [0, 0.1) is 20.8 Å². The lowest BCUT2D eigenvalue weighted by Crippen LogP contribution is -2.59. The highest BCUT2D eigenvalue weighted by Gasteiger charge is 2.45. The number of benzene rings is 4. The second-order valence-corrected chi connectivity index (χ2v) is 36.7. The van der Waals surface area contributed by atoms with Gasteiger partial charge in [-0.15, -0.1) is 0 Å². The fourth-order valence-electron chi connectivity index (χ4n) is 11.6. The molecule has 0 spiro atoms. The summed E-state index contributed by atoms with van der Waals surface area (Å²) in [5.41, 5.74) is 15.5. The van der Waals surface area contributed by atoms with Crippen LogP contribution in [0.25, 0.3) is 90.9 Å². The van der Waals surface area contributed by atoms with Gasteiger partial charge in [-0.1, -0.05) is 91.6 Å². The lowest BCUT2D eigenvalue weighted by Gasteiger charge is -2.39. The number of H-pyrrole nitrogens is 2. The minimum absolute atomic E-state index is 0.0463. The molecule has 88 heavy (non-hydrogen) atoms. The highest BCUT2D eigenvalue weighted by Crippen LogP contribution is 2.40. The second kappa shape index (κ2) is 25.0. The number of hydrogen-bond donors (Lipinski definition) is 6. The van der Waals surface area contributed by atoms with Crippen molar-refractivity contribution in [2.75, 3.05) is 26.6 Å². The molecule has 3 aliphatic heterocycles. The third-order valence-corrected chi connectivity index (χ3v) is 20.9. The van der Waals surface area contributed by atoms with Gasteiger partial charge in [0.2, 0.25) is 0 Å². The van der Waals surface area contributed by atoms with Crippen LogP contribution >= 0.6 is 0 Å². The summed E-state index contributed by atoms with van der Waals surface area (Å²) in [6.07, 6.45) is 0.370. The molecule has 0 saturated carbocycles. The molecule has 6 N–H and O–H groups in total. The Hall–Kier alpha value is -7.77. The highest BCUT2D eigenvalue weighted by molar-refractivity contribution is 7.85. The molecule has 17 nitrogen and oxygen atoms in total. The summed E-state index contributed by atoms with van der Waals surface area (Å²) in [5, 5.41) is 33.6. The number of nitrogens with zero attached hydrogens (tertiary/aromatic N) is 2. The summed E-state index contributed by atoms with van der Waals surface area (Å²) < 4.78 is 54.3. The summed E-state index contributed by atoms with van der Waals surface area (Å²) in [6, 6.07) is 32.1. The largest absolute Gasteiger partial charge is 0.465 e. The molecule has 3 aliphatic rings. The zero-order valence-electron chi connectivity index (χ0n) is 51.2. The van der Waals surface area contributed by atoms with E-state index < -0.39 is 74.7 Å². The molecule has 0 radical (unpaired) electrons. The fourth-order valence-corrected chi connectivity index (χ4v) is 14.7. The van der Waals surface area contributed by atoms with Gasteiger partial charge in [-0.3, -0.25) is 9.35 Å². The number of carbonyl (C=O) groups excluding carboxylic acids is 3. The van der Waals surface area contributed by atoms with E-state index in [1.54, 1.807) is 12.1 Å². The van der Waals surface area contributed by atoms with Crippen LogP contribution in [-0.2, 0) is 29.1 Å². The number of carbonyl (C=O) groups is 3. The van der Waals surface area contributed by atoms with Crippen molar-refractivity contribution in [2.45, 2.75) is 110 Å². The number of aliphatic hydroxyl groups is 3. The van der Waals surface area contributed by atoms with Crippen molar-refractivity contribution in [3.05, 3.63) is 153 Å². The van der Waals surface area contributed by atoms with E-state index in [0.717, 1.165) is 49.6 Å². The number of aromatic nitrogens is 4. The second-order valence-electron chi connectivity index (χ2n) is 25.1. The molecule has 6 heterocycles. The van der Waals surface area contributed by atoms with Gasteiger partial charge in [-0.05, 0) is 152 Å². The van der Waals surface area contributed by atoms with Crippen LogP contribution in [0.1, 0.15) is 89.8 Å². The zero-order chi connectivity index (χ0) is 63.3. The normalized spacial score (nSPS) is 17.7. The number of ether oxygens (including phenoxy) is 4. The van der Waals surface area contributed by atoms with E-state index in [-0.39, 0.29) is 18.8 Å². The number of aliphatic hydroxyl groups excluding tert-OH is 3. The van der Waals surface area contributed by atoms with E-state index in [0.29, 0.717) is 91.1 Å². The number of Topliss-reactive ketones (excluding diaryl/α,β-unsaturated/α-hetero) is 1. The molecular weight excluding hydrogens is 1170 g/mol. The maximum absolute atomic E-state index is 14.3. The lowest BCUT2D eigenvalue weighted by molar-refractivity contribution is -0.292. The standard InChI is InChI=1S/C68H74N4O13SSi2/c1-37-24-40(57(73)14-12-13-23-84-68-65(76)64(75)63(74)58(85-68)36-86(79,80)81)30-41(25-37)59-49-15-16-51(69-49)60(42-26-38(2)28-45(31-42)66(77)82-4)52-18-21-55(71-52)62(44-32-46(67(78)83-5)35-48(34-44)88(9,10)11)56-22-20-54(72-56)61(53-19-17-50(59)70-53)43-27-39(3)29-47(33-43)87(6,7)8/h15-22,24-35,58,63-65,68,70-71,74-76H,12-14,23,36H2,1-11H3,(H,79,80,81)/t58-,63-,64+,65-,68?/m1/s1. The van der Waals surface area contributed by atoms with Crippen LogP contribution in [0.4, 0.5) is 0 Å². The van der Waals surface area contributed by atoms with Gasteiger partial charge in [0.15, 0.2) is 12.1 Å². The molecule has 4 aromatic carbocycles. The minimum atomic E-state index is -4.61. The fraction of sp³-hybridized carbons (Fsp3) is 0.309. The van der Waals surface area contributed by atoms with Crippen molar-refractivity contribution in [3.8, 4) is 44.5 Å². The number of methoxy groups -OCH3 is 2. The van der Waals surface area contributed by atoms with Crippen LogP contribution in [0.3, 0.4) is 0 Å². The highest BCUT2D eigenvalue weighted by atomic mass is 32.2. The third kappa shape index (κ3) is 13.6. The van der Waals surface area contributed by atoms with Gasteiger partial charge < -0.3 is 44.2 Å². The topological polar surface area (TPSA) is 261 Å². The predicted octanol–water partition coefficient (Wildman–Crippen LogP) is 11.0. The molecule has 0 amide bonds. The molecule has 8 bridgehead atoms. The Morgan fingerprint density at radius 2 is 0.932 bits per heavy atom. The van der Waals surface area contributed by atoms with Crippen LogP contribution in [0.15, 0.2) is 97.1 Å². The first-order valence-corrected chi connectivity index (χ1v) is 37.8. The van der Waals surface area contributed by atoms with Crippen molar-refractivity contribution in [1.82, 2.24) is 19.9 Å². The van der Waals surface area contributed by atoms with Crippen molar-refractivity contribution >= 4 is 101 Å². The van der Waals surface area contributed by atoms with Gasteiger partial charge in [-0.2, -0.15) is 8.42 Å². The minimum Gasteiger partial charge on any atom is -0.465 e. The van der Waals surface area contributed by atoms with Gasteiger partial charge in [0.25, 0.3) is 10.1 Å². The maximum Gasteiger partial charge on any atom is 0.337 e. The first-order chi connectivity index (χ1) is 41.6.